The number of amides is 1. The van der Waals surface area contributed by atoms with E-state index in [-0.39, 0.29) is 26.5 Å². The zero-order chi connectivity index (χ0) is 16.3. The summed E-state index contributed by atoms with van der Waals surface area (Å²) in [7, 11) is 0. The molecule has 0 fully saturated rings. The zero-order valence-corrected chi connectivity index (χ0v) is 12.6. The van der Waals surface area contributed by atoms with Crippen molar-refractivity contribution in [3.8, 4) is 5.75 Å². The van der Waals surface area contributed by atoms with Crippen LogP contribution >= 0.6 is 22.9 Å². The summed E-state index contributed by atoms with van der Waals surface area (Å²) in [5, 5.41) is 13.1. The molecule has 10 heteroatoms. The van der Waals surface area contributed by atoms with Crippen molar-refractivity contribution in [2.45, 2.75) is 6.92 Å². The molecular weight excluding hydrogens is 334 g/mol. The zero-order valence-electron chi connectivity index (χ0n) is 11.0. The normalized spacial score (nSPS) is 10.1. The van der Waals surface area contributed by atoms with Gasteiger partial charge in [-0.1, -0.05) is 11.6 Å². The number of thiazole rings is 1. The lowest BCUT2D eigenvalue weighted by molar-refractivity contribution is -0.380. The molecule has 1 aromatic carbocycles. The summed E-state index contributed by atoms with van der Waals surface area (Å²) in [4.78, 5) is 36.9. The number of nitro groups is 1. The number of halogens is 1. The minimum Gasteiger partial charge on any atom is -0.426 e. The second-order valence-electron chi connectivity index (χ2n) is 3.95. The van der Waals surface area contributed by atoms with Crippen molar-refractivity contribution in [3.63, 3.8) is 0 Å². The molecule has 0 saturated heterocycles. The van der Waals surface area contributed by atoms with Crippen LogP contribution in [0.5, 0.6) is 5.75 Å². The van der Waals surface area contributed by atoms with Gasteiger partial charge in [-0.25, -0.2) is 4.98 Å². The summed E-state index contributed by atoms with van der Waals surface area (Å²) in [6.45, 7) is 1.19. The van der Waals surface area contributed by atoms with Gasteiger partial charge >= 0.3 is 11.0 Å². The smallest absolute Gasteiger partial charge is 0.345 e. The van der Waals surface area contributed by atoms with Gasteiger partial charge in [-0.3, -0.25) is 25.0 Å². The van der Waals surface area contributed by atoms with Gasteiger partial charge in [0.25, 0.3) is 5.91 Å². The summed E-state index contributed by atoms with van der Waals surface area (Å²) < 4.78 is 4.92. The average Bonchev–Trinajstić information content (AvgIpc) is 2.86. The van der Waals surface area contributed by atoms with E-state index in [4.69, 9.17) is 16.3 Å². The number of esters is 1. The Kier molecular flexibility index (Phi) is 4.68. The Bertz CT molecular complexity index is 761. The quantitative estimate of drug-likeness (QED) is 0.396. The highest BCUT2D eigenvalue weighted by Gasteiger charge is 2.18. The molecule has 0 aliphatic carbocycles. The minimum atomic E-state index is -0.628. The van der Waals surface area contributed by atoms with Crippen LogP contribution in [0.1, 0.15) is 17.3 Å². The van der Waals surface area contributed by atoms with Gasteiger partial charge in [0.15, 0.2) is 5.13 Å². The Morgan fingerprint density at radius 1 is 1.45 bits per heavy atom. The van der Waals surface area contributed by atoms with E-state index in [1.54, 1.807) is 0 Å². The van der Waals surface area contributed by atoms with Crippen molar-refractivity contribution in [3.05, 3.63) is 45.1 Å². The number of nitrogens with zero attached hydrogens (tertiary/aromatic N) is 2. The number of carbonyl (C=O) groups excluding carboxylic acids is 2. The van der Waals surface area contributed by atoms with Crippen molar-refractivity contribution in [1.82, 2.24) is 4.98 Å². The highest BCUT2D eigenvalue weighted by molar-refractivity contribution is 7.18. The largest absolute Gasteiger partial charge is 0.426 e. The molecule has 1 amide bonds. The SMILES string of the molecule is CC(=O)Oc1cc(Cl)ccc1C(=O)Nc1ncc([N+](=O)[O-])s1. The van der Waals surface area contributed by atoms with Crippen LogP contribution in [0.25, 0.3) is 0 Å². The Morgan fingerprint density at radius 3 is 2.77 bits per heavy atom. The maximum absolute atomic E-state index is 12.2. The Labute approximate surface area is 132 Å². The molecule has 1 aromatic heterocycles. The van der Waals surface area contributed by atoms with Gasteiger partial charge in [0, 0.05) is 18.0 Å². The van der Waals surface area contributed by atoms with E-state index in [0.717, 1.165) is 6.20 Å². The molecule has 0 bridgehead atoms. The predicted molar refractivity (Wildman–Crippen MR) is 79.5 cm³/mol. The first-order valence-electron chi connectivity index (χ1n) is 5.76. The van der Waals surface area contributed by atoms with Gasteiger partial charge in [0.1, 0.15) is 11.9 Å². The molecule has 22 heavy (non-hydrogen) atoms. The number of aromatic nitrogens is 1. The third-order valence-electron chi connectivity index (χ3n) is 2.34. The summed E-state index contributed by atoms with van der Waals surface area (Å²) in [6, 6.07) is 4.15. The van der Waals surface area contributed by atoms with E-state index in [1.807, 2.05) is 0 Å². The summed E-state index contributed by atoms with van der Waals surface area (Å²) >= 11 is 6.51. The number of hydrogen-bond donors (Lipinski definition) is 1. The molecule has 0 saturated carbocycles. The van der Waals surface area contributed by atoms with E-state index in [0.29, 0.717) is 11.3 Å². The molecular formula is C12H8ClN3O5S. The number of anilines is 1. The van der Waals surface area contributed by atoms with Crippen molar-refractivity contribution < 1.29 is 19.2 Å². The van der Waals surface area contributed by atoms with Gasteiger partial charge in [-0.05, 0) is 23.5 Å². The summed E-state index contributed by atoms with van der Waals surface area (Å²) in [6.07, 6.45) is 1.04. The highest BCUT2D eigenvalue weighted by Crippen LogP contribution is 2.28. The van der Waals surface area contributed by atoms with Gasteiger partial charge in [0.2, 0.25) is 0 Å². The van der Waals surface area contributed by atoms with Gasteiger partial charge in [0.05, 0.1) is 10.5 Å². The molecule has 2 rings (SSSR count). The Balaban J connectivity index is 2.24. The molecule has 0 aliphatic rings. The van der Waals surface area contributed by atoms with Crippen LogP contribution in [-0.2, 0) is 4.79 Å². The first-order chi connectivity index (χ1) is 10.4. The monoisotopic (exact) mass is 341 g/mol. The van der Waals surface area contributed by atoms with E-state index >= 15 is 0 Å². The lowest BCUT2D eigenvalue weighted by Crippen LogP contribution is -2.14. The molecule has 0 radical (unpaired) electrons. The van der Waals surface area contributed by atoms with E-state index in [2.05, 4.69) is 10.3 Å². The predicted octanol–water partition coefficient (Wildman–Crippen LogP) is 2.88. The van der Waals surface area contributed by atoms with Gasteiger partial charge in [-0.15, -0.1) is 0 Å². The first-order valence-corrected chi connectivity index (χ1v) is 6.96. The molecule has 0 spiro atoms. The van der Waals surface area contributed by atoms with Crippen LogP contribution in [0, 0.1) is 10.1 Å². The number of nitrogens with one attached hydrogen (secondary N) is 1. The maximum Gasteiger partial charge on any atom is 0.345 e. The number of carbonyl (C=O) groups is 2. The van der Waals surface area contributed by atoms with Crippen LogP contribution in [0.4, 0.5) is 10.1 Å². The fourth-order valence-corrected chi connectivity index (χ4v) is 2.28. The Hall–Kier alpha value is -2.52. The van der Waals surface area contributed by atoms with Crippen LogP contribution in [0.2, 0.25) is 5.02 Å². The van der Waals surface area contributed by atoms with Crippen molar-refractivity contribution >= 4 is 44.9 Å². The van der Waals surface area contributed by atoms with Crippen LogP contribution < -0.4 is 10.1 Å². The molecule has 8 nitrogen and oxygen atoms in total. The number of benzene rings is 1. The number of rotatable bonds is 4. The average molecular weight is 342 g/mol. The van der Waals surface area contributed by atoms with Crippen LogP contribution in [-0.4, -0.2) is 21.8 Å². The molecule has 1 heterocycles. The molecule has 1 N–H and O–H groups in total. The van der Waals surface area contributed by atoms with Crippen molar-refractivity contribution in [2.24, 2.45) is 0 Å². The van der Waals surface area contributed by atoms with Crippen molar-refractivity contribution in [2.75, 3.05) is 5.32 Å². The standard InChI is InChI=1S/C12H8ClN3O5S/c1-6(17)21-9-4-7(13)2-3-8(9)11(18)15-12-14-5-10(22-12)16(19)20/h2-5H,1H3,(H,14,15,18). The maximum atomic E-state index is 12.2. The minimum absolute atomic E-state index is 0.0106. The lowest BCUT2D eigenvalue weighted by Gasteiger charge is -2.08. The van der Waals surface area contributed by atoms with Crippen molar-refractivity contribution in [1.29, 1.82) is 0 Å². The number of hydrogen-bond acceptors (Lipinski definition) is 7. The van der Waals surface area contributed by atoms with E-state index in [1.165, 1.54) is 25.1 Å². The van der Waals surface area contributed by atoms with Crippen LogP contribution in [0.15, 0.2) is 24.4 Å². The third-order valence-corrected chi connectivity index (χ3v) is 3.44. The highest BCUT2D eigenvalue weighted by atomic mass is 35.5. The topological polar surface area (TPSA) is 111 Å². The fraction of sp³-hybridized carbons (Fsp3) is 0.0833. The Morgan fingerprint density at radius 2 is 2.18 bits per heavy atom. The van der Waals surface area contributed by atoms with E-state index in [9.17, 15) is 19.7 Å². The molecule has 0 atom stereocenters. The second-order valence-corrected chi connectivity index (χ2v) is 5.39. The summed E-state index contributed by atoms with van der Waals surface area (Å²) in [5.74, 6) is -1.25. The number of ether oxygens (including phenoxy) is 1. The fourth-order valence-electron chi connectivity index (χ4n) is 1.50. The molecule has 0 unspecified atom stereocenters. The van der Waals surface area contributed by atoms with Crippen LogP contribution in [0.3, 0.4) is 0 Å². The van der Waals surface area contributed by atoms with Gasteiger partial charge < -0.3 is 4.74 Å². The first kappa shape index (κ1) is 15.9. The third kappa shape index (κ3) is 3.77. The summed E-state index contributed by atoms with van der Waals surface area (Å²) in [5.41, 5.74) is 0.0532. The van der Waals surface area contributed by atoms with Gasteiger partial charge in [-0.2, -0.15) is 0 Å². The van der Waals surface area contributed by atoms with E-state index < -0.39 is 16.8 Å². The molecule has 114 valence electrons. The molecule has 0 aliphatic heterocycles. The second kappa shape index (κ2) is 6.50. The molecule has 2 aromatic rings. The lowest BCUT2D eigenvalue weighted by atomic mass is 10.2.